The molecule has 24 heavy (non-hydrogen) atoms. The zero-order valence-corrected chi connectivity index (χ0v) is 16.3. The van der Waals surface area contributed by atoms with Crippen LogP contribution in [-0.4, -0.2) is 38.2 Å². The molecule has 0 saturated carbocycles. The standard InChI is InChI=1S/C21H38N2O/c1-5-8-9-10-11-12-17-22-18-21(23(6-2)7-3)19-13-15-20(24-4)16-14-19/h13-16,21-22H,5-12,17-18H2,1-4H3. The fourth-order valence-electron chi connectivity index (χ4n) is 3.22. The lowest BCUT2D eigenvalue weighted by Crippen LogP contribution is -2.36. The van der Waals surface area contributed by atoms with Gasteiger partial charge in [0, 0.05) is 12.6 Å². The molecule has 138 valence electrons. The largest absolute Gasteiger partial charge is 0.497 e. The van der Waals surface area contributed by atoms with E-state index in [4.69, 9.17) is 4.74 Å². The molecule has 0 bridgehead atoms. The van der Waals surface area contributed by atoms with Crippen molar-refractivity contribution in [1.82, 2.24) is 10.2 Å². The second-order valence-electron chi connectivity index (χ2n) is 6.48. The van der Waals surface area contributed by atoms with Crippen molar-refractivity contribution in [3.63, 3.8) is 0 Å². The van der Waals surface area contributed by atoms with Gasteiger partial charge < -0.3 is 10.1 Å². The minimum atomic E-state index is 0.436. The van der Waals surface area contributed by atoms with Gasteiger partial charge in [-0.05, 0) is 43.8 Å². The van der Waals surface area contributed by atoms with E-state index in [0.717, 1.165) is 31.9 Å². The van der Waals surface area contributed by atoms with E-state index < -0.39 is 0 Å². The third-order valence-electron chi connectivity index (χ3n) is 4.80. The van der Waals surface area contributed by atoms with Crippen LogP contribution in [0.2, 0.25) is 0 Å². The molecule has 0 heterocycles. The Bertz CT molecular complexity index is 401. The molecule has 0 spiro atoms. The molecule has 0 radical (unpaired) electrons. The van der Waals surface area contributed by atoms with Crippen LogP contribution in [0.4, 0.5) is 0 Å². The van der Waals surface area contributed by atoms with Gasteiger partial charge in [-0.1, -0.05) is 65.0 Å². The first-order chi connectivity index (χ1) is 11.8. The van der Waals surface area contributed by atoms with Crippen molar-refractivity contribution in [3.05, 3.63) is 29.8 Å². The average Bonchev–Trinajstić information content (AvgIpc) is 2.63. The molecule has 0 aliphatic carbocycles. The monoisotopic (exact) mass is 334 g/mol. The van der Waals surface area contributed by atoms with E-state index in [-0.39, 0.29) is 0 Å². The summed E-state index contributed by atoms with van der Waals surface area (Å²) in [7, 11) is 1.72. The molecule has 0 amide bonds. The van der Waals surface area contributed by atoms with Gasteiger partial charge in [-0.15, -0.1) is 0 Å². The second-order valence-corrected chi connectivity index (χ2v) is 6.48. The number of nitrogens with zero attached hydrogens (tertiary/aromatic N) is 1. The maximum atomic E-state index is 5.29. The molecule has 1 atom stereocenters. The molecule has 0 aliphatic rings. The highest BCUT2D eigenvalue weighted by Crippen LogP contribution is 2.22. The van der Waals surface area contributed by atoms with Gasteiger partial charge in [-0.25, -0.2) is 0 Å². The van der Waals surface area contributed by atoms with Crippen molar-refractivity contribution in [3.8, 4) is 5.75 Å². The lowest BCUT2D eigenvalue weighted by atomic mass is 10.0. The van der Waals surface area contributed by atoms with Crippen molar-refractivity contribution >= 4 is 0 Å². The van der Waals surface area contributed by atoms with Crippen LogP contribution in [0.25, 0.3) is 0 Å². The van der Waals surface area contributed by atoms with E-state index in [1.807, 2.05) is 0 Å². The molecule has 1 N–H and O–H groups in total. The molecule has 3 heteroatoms. The van der Waals surface area contributed by atoms with E-state index in [1.54, 1.807) is 7.11 Å². The molecule has 0 aromatic heterocycles. The molecule has 3 nitrogen and oxygen atoms in total. The van der Waals surface area contributed by atoms with Gasteiger partial charge in [0.15, 0.2) is 0 Å². The Morgan fingerprint density at radius 1 is 0.917 bits per heavy atom. The van der Waals surface area contributed by atoms with Gasteiger partial charge >= 0.3 is 0 Å². The Hall–Kier alpha value is -1.06. The Morgan fingerprint density at radius 2 is 1.54 bits per heavy atom. The minimum Gasteiger partial charge on any atom is -0.497 e. The summed E-state index contributed by atoms with van der Waals surface area (Å²) in [5, 5.41) is 3.68. The van der Waals surface area contributed by atoms with Crippen molar-refractivity contribution in [2.45, 2.75) is 65.3 Å². The number of ether oxygens (including phenoxy) is 1. The second kappa shape index (κ2) is 13.3. The number of rotatable bonds is 14. The molecular formula is C21H38N2O. The van der Waals surface area contributed by atoms with Crippen LogP contribution in [0, 0.1) is 0 Å². The number of hydrogen-bond donors (Lipinski definition) is 1. The van der Waals surface area contributed by atoms with Gasteiger partial charge in [0.25, 0.3) is 0 Å². The SMILES string of the molecule is CCCCCCCCNCC(c1ccc(OC)cc1)N(CC)CC. The number of methoxy groups -OCH3 is 1. The topological polar surface area (TPSA) is 24.5 Å². The summed E-state index contributed by atoms with van der Waals surface area (Å²) in [6.07, 6.45) is 8.13. The third-order valence-corrected chi connectivity index (χ3v) is 4.80. The normalized spacial score (nSPS) is 12.5. The van der Waals surface area contributed by atoms with Gasteiger partial charge in [-0.3, -0.25) is 4.90 Å². The zero-order chi connectivity index (χ0) is 17.6. The van der Waals surface area contributed by atoms with Gasteiger partial charge in [0.1, 0.15) is 5.75 Å². The fourth-order valence-corrected chi connectivity index (χ4v) is 3.22. The quantitative estimate of drug-likeness (QED) is 0.483. The van der Waals surface area contributed by atoms with Crippen LogP contribution in [0.15, 0.2) is 24.3 Å². The first-order valence-corrected chi connectivity index (χ1v) is 9.85. The Labute approximate surface area is 149 Å². The van der Waals surface area contributed by atoms with Crippen LogP contribution in [0.5, 0.6) is 5.75 Å². The zero-order valence-electron chi connectivity index (χ0n) is 16.3. The predicted molar refractivity (Wildman–Crippen MR) is 105 cm³/mol. The van der Waals surface area contributed by atoms with E-state index in [2.05, 4.69) is 55.3 Å². The molecule has 1 unspecified atom stereocenters. The predicted octanol–water partition coefficient (Wildman–Crippen LogP) is 5.03. The summed E-state index contributed by atoms with van der Waals surface area (Å²) in [5.74, 6) is 0.928. The third kappa shape index (κ3) is 7.67. The number of nitrogens with one attached hydrogen (secondary N) is 1. The van der Waals surface area contributed by atoms with Crippen molar-refractivity contribution in [2.24, 2.45) is 0 Å². The minimum absolute atomic E-state index is 0.436. The fraction of sp³-hybridized carbons (Fsp3) is 0.714. The summed E-state index contributed by atoms with van der Waals surface area (Å²) in [4.78, 5) is 2.52. The van der Waals surface area contributed by atoms with E-state index in [1.165, 1.54) is 44.1 Å². The maximum Gasteiger partial charge on any atom is 0.118 e. The molecule has 0 aliphatic heterocycles. The molecule has 0 fully saturated rings. The van der Waals surface area contributed by atoms with Gasteiger partial charge in [-0.2, -0.15) is 0 Å². The summed E-state index contributed by atoms with van der Waals surface area (Å²) in [6.45, 7) is 11.1. The Kier molecular flexibility index (Phi) is 11.6. The van der Waals surface area contributed by atoms with Crippen molar-refractivity contribution < 1.29 is 4.74 Å². The highest BCUT2D eigenvalue weighted by molar-refractivity contribution is 5.29. The number of hydrogen-bond acceptors (Lipinski definition) is 3. The Balaban J connectivity index is 2.45. The summed E-state index contributed by atoms with van der Waals surface area (Å²) < 4.78 is 5.29. The number of benzene rings is 1. The van der Waals surface area contributed by atoms with Gasteiger partial charge in [0.05, 0.1) is 7.11 Å². The highest BCUT2D eigenvalue weighted by atomic mass is 16.5. The van der Waals surface area contributed by atoms with Crippen LogP contribution in [0.3, 0.4) is 0 Å². The maximum absolute atomic E-state index is 5.29. The van der Waals surface area contributed by atoms with E-state index in [0.29, 0.717) is 6.04 Å². The van der Waals surface area contributed by atoms with E-state index >= 15 is 0 Å². The smallest absolute Gasteiger partial charge is 0.118 e. The summed E-state index contributed by atoms with van der Waals surface area (Å²) in [6, 6.07) is 8.98. The van der Waals surface area contributed by atoms with Crippen LogP contribution in [0.1, 0.15) is 70.9 Å². The summed E-state index contributed by atoms with van der Waals surface area (Å²) in [5.41, 5.74) is 1.37. The number of likely N-dealkylation sites (N-methyl/N-ethyl adjacent to an activating group) is 1. The van der Waals surface area contributed by atoms with E-state index in [9.17, 15) is 0 Å². The lowest BCUT2D eigenvalue weighted by molar-refractivity contribution is 0.213. The first-order valence-electron chi connectivity index (χ1n) is 9.85. The van der Waals surface area contributed by atoms with Crippen LogP contribution >= 0.6 is 0 Å². The lowest BCUT2D eigenvalue weighted by Gasteiger charge is -2.30. The molecular weight excluding hydrogens is 296 g/mol. The van der Waals surface area contributed by atoms with Gasteiger partial charge in [0.2, 0.25) is 0 Å². The van der Waals surface area contributed by atoms with Crippen LogP contribution in [-0.2, 0) is 0 Å². The van der Waals surface area contributed by atoms with Crippen LogP contribution < -0.4 is 10.1 Å². The van der Waals surface area contributed by atoms with Crippen molar-refractivity contribution in [1.29, 1.82) is 0 Å². The number of unbranched alkanes of at least 4 members (excludes halogenated alkanes) is 5. The molecule has 1 aromatic carbocycles. The summed E-state index contributed by atoms with van der Waals surface area (Å²) >= 11 is 0. The highest BCUT2D eigenvalue weighted by Gasteiger charge is 2.17. The molecule has 1 aromatic rings. The molecule has 0 saturated heterocycles. The first kappa shape index (κ1) is 21.0. The Morgan fingerprint density at radius 3 is 2.12 bits per heavy atom. The van der Waals surface area contributed by atoms with Crippen molar-refractivity contribution in [2.75, 3.05) is 33.3 Å². The average molecular weight is 335 g/mol. The molecule has 1 rings (SSSR count).